The number of aliphatic hydroxyl groups is 1. The molecule has 0 fully saturated rings. The van der Waals surface area contributed by atoms with Gasteiger partial charge in [-0.25, -0.2) is 9.13 Å². The first-order valence-electron chi connectivity index (χ1n) is 38.1. The molecule has 0 aliphatic rings. The zero-order chi connectivity index (χ0) is 67.7. The van der Waals surface area contributed by atoms with Crippen LogP contribution in [0.1, 0.15) is 381 Å². The van der Waals surface area contributed by atoms with Crippen molar-refractivity contribution in [1.29, 1.82) is 0 Å². The molecule has 0 spiro atoms. The lowest BCUT2D eigenvalue weighted by atomic mass is 10.0. The molecule has 0 radical (unpaired) electrons. The molecule has 2 unspecified atom stereocenters. The van der Waals surface area contributed by atoms with E-state index in [1.807, 2.05) is 0 Å². The average Bonchev–Trinajstić information content (AvgIpc) is 1.88. The molecule has 0 amide bonds. The fourth-order valence-corrected chi connectivity index (χ4v) is 12.8. The van der Waals surface area contributed by atoms with Gasteiger partial charge in [0.25, 0.3) is 0 Å². The first kappa shape index (κ1) is 90.1. The van der Waals surface area contributed by atoms with E-state index in [0.29, 0.717) is 25.7 Å². The van der Waals surface area contributed by atoms with E-state index in [4.69, 9.17) is 37.0 Å². The van der Waals surface area contributed by atoms with Gasteiger partial charge >= 0.3 is 39.5 Å². The number of carbonyl (C=O) groups excluding carboxylic acids is 4. The molecule has 92 heavy (non-hydrogen) atoms. The van der Waals surface area contributed by atoms with E-state index in [-0.39, 0.29) is 25.7 Å². The molecule has 0 saturated carbocycles. The Kier molecular flexibility index (Phi) is 64.9. The van der Waals surface area contributed by atoms with E-state index in [2.05, 4.69) is 34.6 Å². The van der Waals surface area contributed by atoms with Gasteiger partial charge in [0.2, 0.25) is 0 Å². The predicted octanol–water partition coefficient (Wildman–Crippen LogP) is 21.3. The lowest BCUT2D eigenvalue weighted by molar-refractivity contribution is -0.161. The van der Waals surface area contributed by atoms with Crippen LogP contribution in [0.25, 0.3) is 0 Å². The molecule has 19 heteroatoms. The highest BCUT2D eigenvalue weighted by atomic mass is 31.2. The SMILES string of the molecule is CCCCCCCCCCCCCCCCCCCCCC(=O)O[C@H](COC(=O)CCCCCCCCCCCCCCCCCCC)COP(=O)(O)OC[C@@H](O)COP(=O)(O)OC[C@@H](COC(=O)CCCCCCC)OC(=O)CCCCCCCCCCC(C)C. The van der Waals surface area contributed by atoms with Crippen LogP contribution in [0.2, 0.25) is 0 Å². The van der Waals surface area contributed by atoms with Crippen molar-refractivity contribution in [2.75, 3.05) is 39.6 Å². The molecule has 0 saturated heterocycles. The fourth-order valence-electron chi connectivity index (χ4n) is 11.2. The summed E-state index contributed by atoms with van der Waals surface area (Å²) in [5.41, 5.74) is 0. The summed E-state index contributed by atoms with van der Waals surface area (Å²) in [5, 5.41) is 10.6. The van der Waals surface area contributed by atoms with Gasteiger partial charge in [-0.3, -0.25) is 37.3 Å². The van der Waals surface area contributed by atoms with E-state index >= 15 is 0 Å². The van der Waals surface area contributed by atoms with E-state index < -0.39 is 97.5 Å². The van der Waals surface area contributed by atoms with Gasteiger partial charge in [0, 0.05) is 25.7 Å². The van der Waals surface area contributed by atoms with E-state index in [1.165, 1.54) is 199 Å². The second-order valence-electron chi connectivity index (χ2n) is 26.8. The van der Waals surface area contributed by atoms with Crippen molar-refractivity contribution in [2.24, 2.45) is 5.92 Å². The number of phosphoric acid groups is 2. The van der Waals surface area contributed by atoms with Crippen LogP contribution in [-0.2, 0) is 65.4 Å². The Bertz CT molecular complexity index is 1770. The van der Waals surface area contributed by atoms with Gasteiger partial charge in [0.15, 0.2) is 12.2 Å². The fraction of sp³-hybridized carbons (Fsp3) is 0.945. The molecule has 0 bridgehead atoms. The lowest BCUT2D eigenvalue weighted by Crippen LogP contribution is -2.30. The van der Waals surface area contributed by atoms with Crippen molar-refractivity contribution in [3.63, 3.8) is 0 Å². The normalized spacial score (nSPS) is 14.0. The van der Waals surface area contributed by atoms with Crippen LogP contribution in [0.15, 0.2) is 0 Å². The van der Waals surface area contributed by atoms with Crippen LogP contribution in [0, 0.1) is 5.92 Å². The number of aliphatic hydroxyl groups excluding tert-OH is 1. The maximum Gasteiger partial charge on any atom is 0.472 e. The van der Waals surface area contributed by atoms with Gasteiger partial charge in [-0.05, 0) is 31.6 Å². The third kappa shape index (κ3) is 66.7. The summed E-state index contributed by atoms with van der Waals surface area (Å²) >= 11 is 0. The number of esters is 4. The molecule has 546 valence electrons. The summed E-state index contributed by atoms with van der Waals surface area (Å²) < 4.78 is 68.2. The maximum absolute atomic E-state index is 13.1. The number of rotatable bonds is 73. The summed E-state index contributed by atoms with van der Waals surface area (Å²) in [5.74, 6) is -1.41. The molecular formula is C73H142O17P2. The van der Waals surface area contributed by atoms with Crippen molar-refractivity contribution >= 4 is 39.5 Å². The summed E-state index contributed by atoms with van der Waals surface area (Å²) in [6.07, 6.45) is 54.7. The highest BCUT2D eigenvalue weighted by molar-refractivity contribution is 7.47. The smallest absolute Gasteiger partial charge is 0.462 e. The van der Waals surface area contributed by atoms with Crippen molar-refractivity contribution in [3.05, 3.63) is 0 Å². The molecule has 0 rings (SSSR count). The third-order valence-electron chi connectivity index (χ3n) is 17.0. The molecule has 0 heterocycles. The third-order valence-corrected chi connectivity index (χ3v) is 18.9. The van der Waals surface area contributed by atoms with Gasteiger partial charge in [-0.15, -0.1) is 0 Å². The standard InChI is InChI=1S/C73H142O17P2/c1-6-9-12-15-17-19-21-23-25-27-28-30-32-34-36-38-43-48-53-58-72(77)90-69(63-84-71(76)57-52-47-42-37-35-33-31-29-26-24-22-20-18-16-13-10-7-2)65-88-92(81,82)86-61-67(74)60-85-91(79,80)87-64-68(62-83-70(75)56-51-45-14-11-8-3)89-73(78)59-54-49-44-40-39-41-46-50-55-66(4)5/h66-69,74H,6-65H2,1-5H3,(H,79,80)(H,81,82)/t67-,68+,69+/m0/s1. The molecule has 0 aromatic rings. The Hall–Kier alpha value is -1.94. The Balaban J connectivity index is 5.13. The van der Waals surface area contributed by atoms with Crippen LogP contribution in [0.4, 0.5) is 0 Å². The molecule has 0 aromatic carbocycles. The predicted molar refractivity (Wildman–Crippen MR) is 372 cm³/mol. The van der Waals surface area contributed by atoms with Gasteiger partial charge in [0.1, 0.15) is 19.3 Å². The highest BCUT2D eigenvalue weighted by Gasteiger charge is 2.30. The van der Waals surface area contributed by atoms with Crippen molar-refractivity contribution in [3.8, 4) is 0 Å². The monoisotopic (exact) mass is 1350 g/mol. The highest BCUT2D eigenvalue weighted by Crippen LogP contribution is 2.45. The van der Waals surface area contributed by atoms with Crippen molar-refractivity contribution in [1.82, 2.24) is 0 Å². The van der Waals surface area contributed by atoms with Gasteiger partial charge in [-0.1, -0.05) is 330 Å². The summed E-state index contributed by atoms with van der Waals surface area (Å²) in [6.45, 7) is 7.14. The Labute approximate surface area is 562 Å². The molecular weight excluding hydrogens is 1210 g/mol. The molecule has 0 aromatic heterocycles. The quantitative estimate of drug-likeness (QED) is 0.0222. The van der Waals surface area contributed by atoms with Crippen LogP contribution < -0.4 is 0 Å². The van der Waals surface area contributed by atoms with Gasteiger partial charge < -0.3 is 33.8 Å². The lowest BCUT2D eigenvalue weighted by Gasteiger charge is -2.21. The second kappa shape index (κ2) is 66.3. The number of unbranched alkanes of at least 4 members (excludes halogenated alkanes) is 45. The summed E-state index contributed by atoms with van der Waals surface area (Å²) in [4.78, 5) is 72.4. The largest absolute Gasteiger partial charge is 0.472 e. The molecule has 17 nitrogen and oxygen atoms in total. The minimum atomic E-state index is -4.95. The average molecular weight is 1350 g/mol. The number of hydrogen-bond donors (Lipinski definition) is 3. The Morgan fingerprint density at radius 3 is 0.739 bits per heavy atom. The van der Waals surface area contributed by atoms with Crippen LogP contribution in [0.3, 0.4) is 0 Å². The minimum Gasteiger partial charge on any atom is -0.462 e. The zero-order valence-electron chi connectivity index (χ0n) is 59.7. The number of carbonyl (C=O) groups is 4. The Morgan fingerprint density at radius 1 is 0.293 bits per heavy atom. The molecule has 5 atom stereocenters. The van der Waals surface area contributed by atoms with E-state index in [9.17, 15) is 43.2 Å². The van der Waals surface area contributed by atoms with E-state index in [1.54, 1.807) is 0 Å². The minimum absolute atomic E-state index is 0.104. The number of ether oxygens (including phenoxy) is 4. The zero-order valence-corrected chi connectivity index (χ0v) is 61.5. The number of phosphoric ester groups is 2. The summed E-state index contributed by atoms with van der Waals surface area (Å²) in [7, 11) is -9.89. The van der Waals surface area contributed by atoms with Crippen LogP contribution in [-0.4, -0.2) is 96.7 Å². The van der Waals surface area contributed by atoms with Gasteiger partial charge in [-0.2, -0.15) is 0 Å². The molecule has 0 aliphatic heterocycles. The first-order chi connectivity index (χ1) is 44.5. The molecule has 0 aliphatic carbocycles. The maximum atomic E-state index is 13.1. The Morgan fingerprint density at radius 2 is 0.500 bits per heavy atom. The first-order valence-corrected chi connectivity index (χ1v) is 41.1. The van der Waals surface area contributed by atoms with Crippen molar-refractivity contribution < 1.29 is 80.2 Å². The van der Waals surface area contributed by atoms with E-state index in [0.717, 1.165) is 102 Å². The molecule has 3 N–H and O–H groups in total. The summed E-state index contributed by atoms with van der Waals surface area (Å²) in [6, 6.07) is 0. The second-order valence-corrected chi connectivity index (χ2v) is 29.7. The number of hydrogen-bond acceptors (Lipinski definition) is 15. The topological polar surface area (TPSA) is 237 Å². The van der Waals surface area contributed by atoms with Crippen LogP contribution >= 0.6 is 15.6 Å². The van der Waals surface area contributed by atoms with Crippen molar-refractivity contribution in [2.45, 2.75) is 400 Å². The van der Waals surface area contributed by atoms with Gasteiger partial charge in [0.05, 0.1) is 26.4 Å². The van der Waals surface area contributed by atoms with Crippen LogP contribution in [0.5, 0.6) is 0 Å².